The van der Waals surface area contributed by atoms with Gasteiger partial charge in [-0.05, 0) is 43.4 Å². The summed E-state index contributed by atoms with van der Waals surface area (Å²) in [5.74, 6) is -0.344. The van der Waals surface area contributed by atoms with Gasteiger partial charge in [-0.15, -0.1) is 11.3 Å². The SMILES string of the molecule is C=C/C(OCCN(C)S)=C(\C=C)c1sc2c(c1C(=O)O)CC(C)(C)CC2. The highest BCUT2D eigenvalue weighted by Gasteiger charge is 2.33. The standard InChI is InChI=1S/C20H27NO3S2/c1-6-13(15(7-2)24-11-10-21(5)25)18-17(19(22)23)14-12-20(3,4)9-8-16(14)26-18/h6-7,25H,1-2,8-12H2,3-5H3,(H,22,23)/b15-13-. The van der Waals surface area contributed by atoms with Crippen molar-refractivity contribution in [1.82, 2.24) is 4.31 Å². The maximum atomic E-state index is 12.1. The highest BCUT2D eigenvalue weighted by Crippen LogP contribution is 2.44. The predicted octanol–water partition coefficient (Wildman–Crippen LogP) is 4.84. The highest BCUT2D eigenvalue weighted by molar-refractivity contribution is 7.77. The van der Waals surface area contributed by atoms with E-state index in [9.17, 15) is 9.90 Å². The molecule has 1 aliphatic rings. The summed E-state index contributed by atoms with van der Waals surface area (Å²) in [6, 6.07) is 0. The van der Waals surface area contributed by atoms with Gasteiger partial charge in [-0.25, -0.2) is 4.79 Å². The van der Waals surface area contributed by atoms with E-state index in [1.54, 1.807) is 27.8 Å². The number of ether oxygens (including phenoxy) is 1. The summed E-state index contributed by atoms with van der Waals surface area (Å²) >= 11 is 5.74. The largest absolute Gasteiger partial charge is 0.492 e. The molecule has 6 heteroatoms. The zero-order valence-electron chi connectivity index (χ0n) is 15.7. The summed E-state index contributed by atoms with van der Waals surface area (Å²) in [6.45, 7) is 13.2. The van der Waals surface area contributed by atoms with E-state index >= 15 is 0 Å². The molecule has 0 aliphatic heterocycles. The first-order valence-corrected chi connectivity index (χ1v) is 9.82. The van der Waals surface area contributed by atoms with Gasteiger partial charge < -0.3 is 9.84 Å². The van der Waals surface area contributed by atoms with E-state index in [1.807, 2.05) is 7.05 Å². The summed E-state index contributed by atoms with van der Waals surface area (Å²) in [5, 5.41) is 9.89. The Bertz CT molecular complexity index is 744. The van der Waals surface area contributed by atoms with Gasteiger partial charge in [-0.3, -0.25) is 4.31 Å². The number of nitrogens with zero attached hydrogens (tertiary/aromatic N) is 1. The minimum Gasteiger partial charge on any atom is -0.492 e. The Hall–Kier alpha value is -1.50. The van der Waals surface area contributed by atoms with Crippen LogP contribution in [0.25, 0.3) is 5.57 Å². The second-order valence-corrected chi connectivity index (χ2v) is 9.06. The first kappa shape index (κ1) is 20.8. The van der Waals surface area contributed by atoms with Crippen LogP contribution in [0.2, 0.25) is 0 Å². The van der Waals surface area contributed by atoms with Gasteiger partial charge in [0, 0.05) is 17.0 Å². The van der Waals surface area contributed by atoms with Crippen LogP contribution in [0.4, 0.5) is 0 Å². The monoisotopic (exact) mass is 393 g/mol. The Balaban J connectivity index is 2.52. The van der Waals surface area contributed by atoms with Crippen LogP contribution < -0.4 is 0 Å². The van der Waals surface area contributed by atoms with Crippen LogP contribution >= 0.6 is 24.2 Å². The van der Waals surface area contributed by atoms with E-state index in [0.717, 1.165) is 29.7 Å². The van der Waals surface area contributed by atoms with Crippen molar-refractivity contribution >= 4 is 35.7 Å². The van der Waals surface area contributed by atoms with Gasteiger partial charge in [0.05, 0.1) is 10.4 Å². The number of thiophene rings is 1. The smallest absolute Gasteiger partial charge is 0.337 e. The molecule has 0 saturated carbocycles. The molecule has 26 heavy (non-hydrogen) atoms. The zero-order chi connectivity index (χ0) is 19.5. The van der Waals surface area contributed by atoms with Crippen LogP contribution in [-0.2, 0) is 17.6 Å². The normalized spacial score (nSPS) is 16.7. The van der Waals surface area contributed by atoms with Crippen molar-refractivity contribution < 1.29 is 14.6 Å². The molecule has 0 atom stereocenters. The zero-order valence-corrected chi connectivity index (χ0v) is 17.4. The molecule has 0 radical (unpaired) electrons. The Labute approximate surface area is 165 Å². The first-order valence-electron chi connectivity index (χ1n) is 8.60. The summed E-state index contributed by atoms with van der Waals surface area (Å²) in [4.78, 5) is 13.9. The number of likely N-dealkylation sites (N-methyl/N-ethyl adjacent to an activating group) is 1. The van der Waals surface area contributed by atoms with E-state index in [2.05, 4.69) is 39.8 Å². The Morgan fingerprint density at radius 1 is 1.42 bits per heavy atom. The molecule has 2 rings (SSSR count). The first-order chi connectivity index (χ1) is 12.2. The second-order valence-electron chi connectivity index (χ2n) is 7.27. The number of rotatable bonds is 8. The molecular formula is C20H27NO3S2. The lowest BCUT2D eigenvalue weighted by molar-refractivity contribution is 0.0695. The molecule has 1 aliphatic carbocycles. The van der Waals surface area contributed by atoms with Crippen molar-refractivity contribution in [3.63, 3.8) is 0 Å². The fraction of sp³-hybridized carbons (Fsp3) is 0.450. The molecular weight excluding hydrogens is 366 g/mol. The van der Waals surface area contributed by atoms with Crippen molar-refractivity contribution in [2.24, 2.45) is 5.41 Å². The molecule has 0 unspecified atom stereocenters. The molecule has 1 heterocycles. The van der Waals surface area contributed by atoms with Crippen LogP contribution in [0.1, 0.15) is 45.9 Å². The van der Waals surface area contributed by atoms with Gasteiger partial charge in [-0.1, -0.05) is 45.9 Å². The number of allylic oxidation sites excluding steroid dienone is 3. The third kappa shape index (κ3) is 4.61. The molecule has 1 aromatic heterocycles. The molecule has 1 N–H and O–H groups in total. The molecule has 1 aromatic rings. The Morgan fingerprint density at radius 3 is 2.65 bits per heavy atom. The van der Waals surface area contributed by atoms with Gasteiger partial charge in [-0.2, -0.15) is 0 Å². The molecule has 0 bridgehead atoms. The van der Waals surface area contributed by atoms with Crippen molar-refractivity contribution in [1.29, 1.82) is 0 Å². The van der Waals surface area contributed by atoms with Gasteiger partial charge >= 0.3 is 5.97 Å². The molecule has 142 valence electrons. The molecule has 0 aromatic carbocycles. The van der Waals surface area contributed by atoms with Gasteiger partial charge in [0.1, 0.15) is 12.4 Å². The van der Waals surface area contributed by atoms with Gasteiger partial charge in [0.15, 0.2) is 0 Å². The molecule has 0 spiro atoms. The van der Waals surface area contributed by atoms with Crippen LogP contribution in [0.3, 0.4) is 0 Å². The fourth-order valence-electron chi connectivity index (χ4n) is 3.18. The van der Waals surface area contributed by atoms with E-state index in [4.69, 9.17) is 4.74 Å². The Morgan fingerprint density at radius 2 is 2.12 bits per heavy atom. The maximum Gasteiger partial charge on any atom is 0.337 e. The van der Waals surface area contributed by atoms with E-state index in [1.165, 1.54) is 0 Å². The number of carboxylic acid groups (broad SMARTS) is 1. The van der Waals surface area contributed by atoms with Gasteiger partial charge in [0.2, 0.25) is 0 Å². The molecule has 4 nitrogen and oxygen atoms in total. The van der Waals surface area contributed by atoms with Crippen LogP contribution in [0.15, 0.2) is 31.1 Å². The maximum absolute atomic E-state index is 12.1. The average molecular weight is 394 g/mol. The number of hydrogen-bond acceptors (Lipinski definition) is 5. The third-order valence-electron chi connectivity index (χ3n) is 4.56. The van der Waals surface area contributed by atoms with E-state index in [-0.39, 0.29) is 5.41 Å². The summed E-state index contributed by atoms with van der Waals surface area (Å²) in [6.07, 6.45) is 6.03. The number of hydrogen-bond donors (Lipinski definition) is 2. The van der Waals surface area contributed by atoms with Gasteiger partial charge in [0.25, 0.3) is 0 Å². The predicted molar refractivity (Wildman–Crippen MR) is 112 cm³/mol. The lowest BCUT2D eigenvalue weighted by Gasteiger charge is -2.29. The fourth-order valence-corrected chi connectivity index (χ4v) is 4.61. The number of fused-ring (bicyclic) bond motifs is 1. The van der Waals surface area contributed by atoms with Crippen molar-refractivity contribution in [2.45, 2.75) is 33.1 Å². The van der Waals surface area contributed by atoms with Crippen LogP contribution in [-0.4, -0.2) is 35.6 Å². The third-order valence-corrected chi connectivity index (χ3v) is 6.09. The highest BCUT2D eigenvalue weighted by atomic mass is 32.1. The second kappa shape index (κ2) is 8.46. The number of thiol groups is 1. The van der Waals surface area contributed by atoms with Crippen LogP contribution in [0, 0.1) is 5.41 Å². The average Bonchev–Trinajstić information content (AvgIpc) is 2.90. The number of carboxylic acids is 1. The van der Waals surface area contributed by atoms with Crippen LogP contribution in [0.5, 0.6) is 0 Å². The number of aromatic carboxylic acids is 1. The molecule has 0 fully saturated rings. The quantitative estimate of drug-likeness (QED) is 0.377. The van der Waals surface area contributed by atoms with Crippen molar-refractivity contribution in [3.8, 4) is 0 Å². The molecule has 0 amide bonds. The molecule has 0 saturated heterocycles. The van der Waals surface area contributed by atoms with Crippen molar-refractivity contribution in [3.05, 3.63) is 52.0 Å². The number of aryl methyl sites for hydroxylation is 1. The Kier molecular flexibility index (Phi) is 6.77. The lowest BCUT2D eigenvalue weighted by atomic mass is 9.76. The number of carbonyl (C=O) groups is 1. The van der Waals surface area contributed by atoms with E-state index < -0.39 is 5.97 Å². The minimum atomic E-state index is -0.895. The van der Waals surface area contributed by atoms with E-state index in [0.29, 0.717) is 34.9 Å². The minimum absolute atomic E-state index is 0.114. The summed E-state index contributed by atoms with van der Waals surface area (Å²) < 4.78 is 7.56. The summed E-state index contributed by atoms with van der Waals surface area (Å²) in [5.41, 5.74) is 2.16. The lowest BCUT2D eigenvalue weighted by Crippen LogP contribution is -2.22. The van der Waals surface area contributed by atoms with Crippen molar-refractivity contribution in [2.75, 3.05) is 20.2 Å². The summed E-state index contributed by atoms with van der Waals surface area (Å²) in [7, 11) is 1.84. The topological polar surface area (TPSA) is 49.8 Å².